The zero-order valence-electron chi connectivity index (χ0n) is 16.5. The van der Waals surface area contributed by atoms with Crippen LogP contribution < -0.4 is 21.0 Å². The Kier molecular flexibility index (Phi) is 5.39. The predicted molar refractivity (Wildman–Crippen MR) is 110 cm³/mol. The second kappa shape index (κ2) is 8.12. The van der Waals surface area contributed by atoms with Crippen LogP contribution in [-0.4, -0.2) is 72.8 Å². The average Bonchev–Trinajstić information content (AvgIpc) is 2.77. The predicted octanol–water partition coefficient (Wildman–Crippen LogP) is -0.127. The Morgan fingerprint density at radius 2 is 1.59 bits per heavy atom. The summed E-state index contributed by atoms with van der Waals surface area (Å²) < 4.78 is 6.41. The highest BCUT2D eigenvalue weighted by molar-refractivity contribution is 5.94. The van der Waals surface area contributed by atoms with E-state index in [1.54, 1.807) is 4.90 Å². The molecule has 2 aromatic rings. The van der Waals surface area contributed by atoms with E-state index in [-0.39, 0.29) is 11.5 Å². The Balaban J connectivity index is 1.39. The maximum atomic E-state index is 12.8. The highest BCUT2D eigenvalue weighted by Gasteiger charge is 2.23. The van der Waals surface area contributed by atoms with Crippen LogP contribution in [0.4, 0.5) is 11.5 Å². The summed E-state index contributed by atoms with van der Waals surface area (Å²) in [6.07, 6.45) is 0. The number of aromatic nitrogens is 2. The first-order valence-corrected chi connectivity index (χ1v) is 9.80. The summed E-state index contributed by atoms with van der Waals surface area (Å²) in [4.78, 5) is 45.2. The molecule has 2 aliphatic heterocycles. The van der Waals surface area contributed by atoms with Crippen molar-refractivity contribution in [2.24, 2.45) is 7.05 Å². The van der Waals surface area contributed by atoms with Crippen LogP contribution in [0.2, 0.25) is 0 Å². The van der Waals surface area contributed by atoms with Crippen molar-refractivity contribution in [3.05, 3.63) is 56.7 Å². The lowest BCUT2D eigenvalue weighted by Crippen LogP contribution is -2.50. The smallest absolute Gasteiger partial charge is 0.329 e. The second-order valence-corrected chi connectivity index (χ2v) is 7.28. The molecule has 2 aliphatic rings. The van der Waals surface area contributed by atoms with Crippen molar-refractivity contribution in [1.29, 1.82) is 0 Å². The van der Waals surface area contributed by atoms with Gasteiger partial charge in [-0.2, -0.15) is 0 Å². The lowest BCUT2D eigenvalue weighted by molar-refractivity contribution is 0.0746. The average molecular weight is 399 g/mol. The Morgan fingerprint density at radius 3 is 2.21 bits per heavy atom. The molecule has 9 nitrogen and oxygen atoms in total. The van der Waals surface area contributed by atoms with E-state index in [1.807, 2.05) is 29.2 Å². The van der Waals surface area contributed by atoms with Crippen LogP contribution >= 0.6 is 0 Å². The molecular weight excluding hydrogens is 374 g/mol. The number of morpholine rings is 1. The summed E-state index contributed by atoms with van der Waals surface area (Å²) in [7, 11) is 1.44. The molecule has 0 radical (unpaired) electrons. The van der Waals surface area contributed by atoms with Gasteiger partial charge in [0.25, 0.3) is 11.5 Å². The van der Waals surface area contributed by atoms with Crippen LogP contribution in [0.5, 0.6) is 0 Å². The molecule has 4 rings (SSSR count). The fourth-order valence-corrected chi connectivity index (χ4v) is 3.68. The summed E-state index contributed by atoms with van der Waals surface area (Å²) in [5, 5.41) is 0. The van der Waals surface area contributed by atoms with Crippen molar-refractivity contribution in [2.45, 2.75) is 0 Å². The first kappa shape index (κ1) is 19.3. The van der Waals surface area contributed by atoms with E-state index in [0.717, 1.165) is 36.6 Å². The summed E-state index contributed by atoms with van der Waals surface area (Å²) in [6.45, 7) is 5.34. The van der Waals surface area contributed by atoms with E-state index < -0.39 is 5.69 Å². The van der Waals surface area contributed by atoms with Gasteiger partial charge in [0.05, 0.1) is 13.2 Å². The van der Waals surface area contributed by atoms with Gasteiger partial charge in [-0.1, -0.05) is 0 Å². The van der Waals surface area contributed by atoms with Crippen molar-refractivity contribution in [3.63, 3.8) is 0 Å². The summed E-state index contributed by atoms with van der Waals surface area (Å²) in [6, 6.07) is 9.14. The normalized spacial score (nSPS) is 17.5. The number of nitrogens with zero attached hydrogens (tertiary/aromatic N) is 4. The zero-order chi connectivity index (χ0) is 20.4. The molecule has 2 fully saturated rings. The molecule has 1 amide bonds. The lowest BCUT2D eigenvalue weighted by Gasteiger charge is -2.35. The maximum Gasteiger partial charge on any atom is 0.329 e. The maximum absolute atomic E-state index is 12.8. The number of rotatable bonds is 3. The van der Waals surface area contributed by atoms with Crippen molar-refractivity contribution < 1.29 is 9.53 Å². The van der Waals surface area contributed by atoms with Crippen molar-refractivity contribution in [2.75, 3.05) is 62.3 Å². The molecule has 0 unspecified atom stereocenters. The topological polar surface area (TPSA) is 90.9 Å². The van der Waals surface area contributed by atoms with Gasteiger partial charge < -0.3 is 19.4 Å². The number of carbonyl (C=O) groups is 1. The van der Waals surface area contributed by atoms with Crippen LogP contribution in [0.15, 0.2) is 39.9 Å². The van der Waals surface area contributed by atoms with E-state index >= 15 is 0 Å². The SMILES string of the molecule is Cn1c(=O)cc(N2CCN(C(=O)c3ccc(N4CCOCC4)cc3)CC2)[nH]c1=O. The van der Waals surface area contributed by atoms with Crippen molar-refractivity contribution in [1.82, 2.24) is 14.5 Å². The second-order valence-electron chi connectivity index (χ2n) is 7.28. The number of hydrogen-bond acceptors (Lipinski definition) is 6. The highest BCUT2D eigenvalue weighted by atomic mass is 16.5. The minimum Gasteiger partial charge on any atom is -0.378 e. The van der Waals surface area contributed by atoms with E-state index in [4.69, 9.17) is 4.74 Å². The van der Waals surface area contributed by atoms with Gasteiger partial charge in [0.1, 0.15) is 5.82 Å². The summed E-state index contributed by atoms with van der Waals surface area (Å²) >= 11 is 0. The molecule has 0 bridgehead atoms. The highest BCUT2D eigenvalue weighted by Crippen LogP contribution is 2.18. The molecular formula is C20H25N5O4. The number of hydrogen-bond donors (Lipinski definition) is 1. The number of piperazine rings is 1. The fourth-order valence-electron chi connectivity index (χ4n) is 3.68. The molecule has 9 heteroatoms. The van der Waals surface area contributed by atoms with Crippen LogP contribution in [-0.2, 0) is 11.8 Å². The molecule has 1 N–H and O–H groups in total. The molecule has 29 heavy (non-hydrogen) atoms. The Hall–Kier alpha value is -3.07. The molecule has 1 aromatic heterocycles. The number of nitrogens with one attached hydrogen (secondary N) is 1. The zero-order valence-corrected chi connectivity index (χ0v) is 16.5. The minimum absolute atomic E-state index is 0.00403. The molecule has 0 aliphatic carbocycles. The summed E-state index contributed by atoms with van der Waals surface area (Å²) in [5.74, 6) is 0.496. The summed E-state index contributed by atoms with van der Waals surface area (Å²) in [5.41, 5.74) is 0.982. The molecule has 0 spiro atoms. The Bertz CT molecular complexity index is 952. The van der Waals surface area contributed by atoms with Gasteiger partial charge in [-0.3, -0.25) is 19.1 Å². The third kappa shape index (κ3) is 4.04. The quantitative estimate of drug-likeness (QED) is 0.774. The molecule has 1 aromatic carbocycles. The molecule has 0 atom stereocenters. The largest absolute Gasteiger partial charge is 0.378 e. The van der Waals surface area contributed by atoms with E-state index in [9.17, 15) is 14.4 Å². The number of H-pyrrole nitrogens is 1. The van der Waals surface area contributed by atoms with Gasteiger partial charge in [0, 0.05) is 63.6 Å². The van der Waals surface area contributed by atoms with Crippen molar-refractivity contribution >= 4 is 17.4 Å². The number of aromatic amines is 1. The van der Waals surface area contributed by atoms with Gasteiger partial charge in [-0.05, 0) is 24.3 Å². The van der Waals surface area contributed by atoms with Gasteiger partial charge in [0.2, 0.25) is 0 Å². The standard InChI is InChI=1S/C20H25N5O4/c1-22-18(26)14-17(21-20(22)28)24-6-8-25(9-7-24)19(27)15-2-4-16(5-3-15)23-10-12-29-13-11-23/h2-5,14H,6-13H2,1H3,(H,21,28). The van der Waals surface area contributed by atoms with E-state index in [1.165, 1.54) is 13.1 Å². The van der Waals surface area contributed by atoms with Crippen LogP contribution in [0.25, 0.3) is 0 Å². The van der Waals surface area contributed by atoms with E-state index in [2.05, 4.69) is 9.88 Å². The van der Waals surface area contributed by atoms with Gasteiger partial charge in [-0.15, -0.1) is 0 Å². The van der Waals surface area contributed by atoms with Crippen LogP contribution in [0.3, 0.4) is 0 Å². The van der Waals surface area contributed by atoms with Crippen molar-refractivity contribution in [3.8, 4) is 0 Å². The fraction of sp³-hybridized carbons (Fsp3) is 0.450. The number of amides is 1. The number of benzene rings is 1. The molecule has 154 valence electrons. The third-order valence-corrected chi connectivity index (χ3v) is 5.53. The first-order chi connectivity index (χ1) is 14.0. The number of anilines is 2. The van der Waals surface area contributed by atoms with E-state index in [0.29, 0.717) is 37.6 Å². The monoisotopic (exact) mass is 399 g/mol. The van der Waals surface area contributed by atoms with Gasteiger partial charge in [0.15, 0.2) is 0 Å². The first-order valence-electron chi connectivity index (χ1n) is 9.80. The van der Waals surface area contributed by atoms with Gasteiger partial charge in [-0.25, -0.2) is 4.79 Å². The molecule has 2 saturated heterocycles. The Labute approximate surface area is 168 Å². The minimum atomic E-state index is -0.439. The lowest BCUT2D eigenvalue weighted by atomic mass is 10.1. The molecule has 0 saturated carbocycles. The molecule has 3 heterocycles. The third-order valence-electron chi connectivity index (χ3n) is 5.53. The Morgan fingerprint density at radius 1 is 0.931 bits per heavy atom. The number of carbonyl (C=O) groups excluding carboxylic acids is 1. The van der Waals surface area contributed by atoms with Gasteiger partial charge >= 0.3 is 5.69 Å². The van der Waals surface area contributed by atoms with Crippen LogP contribution in [0, 0.1) is 0 Å². The number of ether oxygens (including phenoxy) is 1. The van der Waals surface area contributed by atoms with Crippen LogP contribution in [0.1, 0.15) is 10.4 Å².